The number of carbonyl (C=O) groups excluding carboxylic acids is 1. The molecule has 0 radical (unpaired) electrons. The summed E-state index contributed by atoms with van der Waals surface area (Å²) in [7, 11) is 3.81. The van der Waals surface area contributed by atoms with E-state index in [1.165, 1.54) is 0 Å². The van der Waals surface area contributed by atoms with E-state index in [1.54, 1.807) is 11.8 Å². The molecule has 2 aromatic carbocycles. The Morgan fingerprint density at radius 2 is 1.54 bits per heavy atom. The number of rotatable bonds is 4. The van der Waals surface area contributed by atoms with Gasteiger partial charge >= 0.3 is 6.03 Å². The Bertz CT molecular complexity index is 907. The highest BCUT2D eigenvalue weighted by molar-refractivity contribution is 7.80. The summed E-state index contributed by atoms with van der Waals surface area (Å²) < 4.78 is 0. The number of thiocarbonyl (C=S) groups is 1. The topological polar surface area (TPSA) is 59.1 Å². The number of urea groups is 1. The maximum atomic E-state index is 13.3. The van der Waals surface area contributed by atoms with E-state index in [2.05, 4.69) is 5.32 Å². The van der Waals surface area contributed by atoms with Crippen LogP contribution in [0.15, 0.2) is 60.7 Å². The second-order valence-corrected chi connectivity index (χ2v) is 7.77. The van der Waals surface area contributed by atoms with E-state index in [0.717, 1.165) is 11.1 Å². The summed E-state index contributed by atoms with van der Waals surface area (Å²) in [6.07, 6.45) is -0.689. The molecule has 28 heavy (non-hydrogen) atoms. The molecule has 3 unspecified atom stereocenters. The van der Waals surface area contributed by atoms with Gasteiger partial charge in [-0.15, -0.1) is 0 Å². The van der Waals surface area contributed by atoms with E-state index in [-0.39, 0.29) is 12.6 Å². The van der Waals surface area contributed by atoms with Crippen molar-refractivity contribution in [1.29, 1.82) is 0 Å². The van der Waals surface area contributed by atoms with Crippen molar-refractivity contribution in [3.05, 3.63) is 71.8 Å². The Kier molecular flexibility index (Phi) is 4.32. The molecular weight excluding hydrogens is 372 g/mol. The minimum absolute atomic E-state index is 0.177. The SMILES string of the molecule is CC(O)CN1C(=O)NC2(c3ccccc3)N(C)C(=S)N(C)C12c1ccccc1. The lowest BCUT2D eigenvalue weighted by molar-refractivity contribution is -0.0351. The molecule has 2 amide bonds. The fourth-order valence-electron chi connectivity index (χ4n) is 4.75. The van der Waals surface area contributed by atoms with E-state index in [4.69, 9.17) is 12.2 Å². The molecule has 2 aromatic rings. The summed E-state index contributed by atoms with van der Waals surface area (Å²) in [4.78, 5) is 18.9. The first-order valence-corrected chi connectivity index (χ1v) is 9.68. The molecule has 2 aliphatic heterocycles. The number of likely N-dealkylation sites (N-methyl/N-ethyl adjacent to an activating group) is 2. The number of nitrogens with one attached hydrogen (secondary N) is 1. The molecule has 146 valence electrons. The van der Waals surface area contributed by atoms with E-state index in [1.807, 2.05) is 84.6 Å². The van der Waals surface area contributed by atoms with Crippen LogP contribution in [-0.4, -0.2) is 57.7 Å². The number of fused-ring (bicyclic) bond motifs is 1. The van der Waals surface area contributed by atoms with Crippen molar-refractivity contribution < 1.29 is 9.90 Å². The van der Waals surface area contributed by atoms with Gasteiger partial charge in [-0.05, 0) is 19.1 Å². The fourth-order valence-corrected chi connectivity index (χ4v) is 5.02. The van der Waals surface area contributed by atoms with Crippen molar-refractivity contribution in [2.75, 3.05) is 20.6 Å². The first-order valence-electron chi connectivity index (χ1n) is 9.28. The van der Waals surface area contributed by atoms with Gasteiger partial charge in [0.25, 0.3) is 0 Å². The van der Waals surface area contributed by atoms with Gasteiger partial charge in [0.2, 0.25) is 0 Å². The number of hydrogen-bond acceptors (Lipinski definition) is 3. The number of nitrogens with zero attached hydrogens (tertiary/aromatic N) is 3. The summed E-state index contributed by atoms with van der Waals surface area (Å²) in [5.41, 5.74) is -0.0373. The molecule has 2 N–H and O–H groups in total. The molecule has 7 heteroatoms. The zero-order valence-corrected chi connectivity index (χ0v) is 17.0. The molecule has 2 fully saturated rings. The highest BCUT2D eigenvalue weighted by Crippen LogP contribution is 2.56. The van der Waals surface area contributed by atoms with Crippen LogP contribution in [0.5, 0.6) is 0 Å². The van der Waals surface area contributed by atoms with Crippen molar-refractivity contribution >= 4 is 23.4 Å². The maximum absolute atomic E-state index is 13.3. The number of amides is 2. The zero-order chi connectivity index (χ0) is 20.1. The maximum Gasteiger partial charge on any atom is 0.322 e. The summed E-state index contributed by atoms with van der Waals surface area (Å²) in [5.74, 6) is 0. The average molecular weight is 397 g/mol. The molecular formula is C21H24N4O2S. The third kappa shape index (κ3) is 2.17. The van der Waals surface area contributed by atoms with Gasteiger partial charge in [-0.2, -0.15) is 0 Å². The summed E-state index contributed by atoms with van der Waals surface area (Å²) >= 11 is 5.78. The fraction of sp³-hybridized carbons (Fsp3) is 0.333. The van der Waals surface area contributed by atoms with E-state index < -0.39 is 17.4 Å². The molecule has 3 atom stereocenters. The first kappa shape index (κ1) is 18.7. The van der Waals surface area contributed by atoms with Crippen molar-refractivity contribution in [3.63, 3.8) is 0 Å². The van der Waals surface area contributed by atoms with Crippen molar-refractivity contribution in [1.82, 2.24) is 20.0 Å². The lowest BCUT2D eigenvalue weighted by Gasteiger charge is -2.47. The molecule has 2 aliphatic rings. The first-order chi connectivity index (χ1) is 13.4. The Balaban J connectivity index is 2.09. The quantitative estimate of drug-likeness (QED) is 0.777. The van der Waals surface area contributed by atoms with Gasteiger partial charge in [0.05, 0.1) is 12.6 Å². The van der Waals surface area contributed by atoms with Gasteiger partial charge in [-0.1, -0.05) is 60.7 Å². The number of hydrogen-bond donors (Lipinski definition) is 2. The Morgan fingerprint density at radius 3 is 2.07 bits per heavy atom. The summed E-state index contributed by atoms with van der Waals surface area (Å²) in [6, 6.07) is 19.5. The smallest absolute Gasteiger partial charge is 0.322 e. The third-order valence-corrected chi connectivity index (χ3v) is 6.35. The Morgan fingerprint density at radius 1 is 1.00 bits per heavy atom. The van der Waals surface area contributed by atoms with Crippen molar-refractivity contribution in [2.24, 2.45) is 0 Å². The van der Waals surface area contributed by atoms with Crippen molar-refractivity contribution in [2.45, 2.75) is 24.4 Å². The van der Waals surface area contributed by atoms with Gasteiger partial charge in [0, 0.05) is 25.2 Å². The Labute approximate surface area is 170 Å². The molecule has 0 aliphatic carbocycles. The largest absolute Gasteiger partial charge is 0.392 e. The number of β-amino-alcohol motifs (C(OH)–C–C–N with tert-alkyl or cyclic N) is 1. The predicted octanol–water partition coefficient (Wildman–Crippen LogP) is 2.26. The van der Waals surface area contributed by atoms with Crippen LogP contribution in [0.4, 0.5) is 4.79 Å². The number of benzene rings is 2. The Hall–Kier alpha value is -2.64. The van der Waals surface area contributed by atoms with Gasteiger partial charge in [-0.25, -0.2) is 4.79 Å². The minimum atomic E-state index is -0.949. The summed E-state index contributed by atoms with van der Waals surface area (Å²) in [5, 5.41) is 14.0. The molecule has 2 heterocycles. The minimum Gasteiger partial charge on any atom is -0.392 e. The molecule has 4 rings (SSSR count). The molecule has 0 bridgehead atoms. The van der Waals surface area contributed by atoms with Gasteiger partial charge in [-0.3, -0.25) is 4.90 Å². The van der Waals surface area contributed by atoms with Crippen LogP contribution in [0.3, 0.4) is 0 Å². The lowest BCUT2D eigenvalue weighted by Crippen LogP contribution is -2.62. The van der Waals surface area contributed by atoms with Gasteiger partial charge in [0.15, 0.2) is 16.4 Å². The second-order valence-electron chi connectivity index (χ2n) is 7.41. The van der Waals surface area contributed by atoms with Crippen LogP contribution >= 0.6 is 12.2 Å². The van der Waals surface area contributed by atoms with Crippen LogP contribution < -0.4 is 5.32 Å². The molecule has 0 saturated carbocycles. The van der Waals surface area contributed by atoms with Gasteiger partial charge in [0.1, 0.15) is 0 Å². The van der Waals surface area contributed by atoms with E-state index in [0.29, 0.717) is 5.11 Å². The highest BCUT2D eigenvalue weighted by atomic mass is 32.1. The monoisotopic (exact) mass is 396 g/mol. The molecule has 6 nitrogen and oxygen atoms in total. The molecule has 0 spiro atoms. The predicted molar refractivity (Wildman–Crippen MR) is 111 cm³/mol. The molecule has 0 aromatic heterocycles. The zero-order valence-electron chi connectivity index (χ0n) is 16.2. The average Bonchev–Trinajstić information content (AvgIpc) is 3.05. The van der Waals surface area contributed by atoms with Gasteiger partial charge < -0.3 is 20.2 Å². The lowest BCUT2D eigenvalue weighted by atomic mass is 9.80. The third-order valence-electron chi connectivity index (χ3n) is 5.81. The van der Waals surface area contributed by atoms with E-state index in [9.17, 15) is 9.90 Å². The normalized spacial score (nSPS) is 27.8. The highest BCUT2D eigenvalue weighted by Gasteiger charge is 2.74. The van der Waals surface area contributed by atoms with Crippen molar-refractivity contribution in [3.8, 4) is 0 Å². The number of carbonyl (C=O) groups is 1. The standard InChI is InChI=1S/C21H24N4O2S/c1-15(26)14-25-18(27)22-20(16-10-6-4-7-11-16)21(25,17-12-8-5-9-13-17)24(3)19(28)23(20)2/h4-13,15,26H,14H2,1-3H3,(H,22,27). The van der Waals surface area contributed by atoms with Crippen LogP contribution in [0.1, 0.15) is 18.1 Å². The van der Waals surface area contributed by atoms with Crippen LogP contribution in [0.25, 0.3) is 0 Å². The van der Waals surface area contributed by atoms with Crippen LogP contribution in [0, 0.1) is 0 Å². The number of aliphatic hydroxyl groups excluding tert-OH is 1. The van der Waals surface area contributed by atoms with Crippen LogP contribution in [0.2, 0.25) is 0 Å². The van der Waals surface area contributed by atoms with Crippen LogP contribution in [-0.2, 0) is 11.3 Å². The number of aliphatic hydroxyl groups is 1. The summed E-state index contributed by atoms with van der Waals surface area (Å²) in [6.45, 7) is 1.86. The molecule has 2 saturated heterocycles. The second kappa shape index (κ2) is 6.46. The van der Waals surface area contributed by atoms with E-state index >= 15 is 0 Å².